The zero-order valence-electron chi connectivity index (χ0n) is 10.5. The third kappa shape index (κ3) is 3.26. The van der Waals surface area contributed by atoms with Crippen LogP contribution in [0.15, 0.2) is 23.1 Å². The van der Waals surface area contributed by atoms with E-state index in [0.717, 1.165) is 18.2 Å². The average Bonchev–Trinajstić information content (AvgIpc) is 2.32. The average molecular weight is 277 g/mol. The summed E-state index contributed by atoms with van der Waals surface area (Å²) in [6.07, 6.45) is 1.24. The molecule has 0 atom stereocenters. The van der Waals surface area contributed by atoms with E-state index in [1.165, 1.54) is 4.31 Å². The molecule has 0 aliphatic carbocycles. The van der Waals surface area contributed by atoms with Crippen LogP contribution in [-0.2, 0) is 10.0 Å². The number of hydrogen-bond donors (Lipinski definition) is 0. The molecule has 3 nitrogen and oxygen atoms in total. The molecule has 0 aromatic heterocycles. The minimum absolute atomic E-state index is 0.298. The Morgan fingerprint density at radius 1 is 1.11 bits per heavy atom. The van der Waals surface area contributed by atoms with E-state index in [9.17, 15) is 17.2 Å². The van der Waals surface area contributed by atoms with Gasteiger partial charge < -0.3 is 0 Å². The Morgan fingerprint density at radius 3 is 2.17 bits per heavy atom. The minimum Gasteiger partial charge on any atom is -0.207 e. The zero-order chi connectivity index (χ0) is 13.8. The monoisotopic (exact) mass is 277 g/mol. The standard InChI is InChI=1S/C12H17F2NO2S/c1-3-7-15(8-4-2)18(16,17)12-9-10(13)5-6-11(12)14/h5-6,9H,3-4,7-8H2,1-2H3. The third-order valence-electron chi connectivity index (χ3n) is 2.46. The summed E-state index contributed by atoms with van der Waals surface area (Å²) in [5, 5.41) is 0. The van der Waals surface area contributed by atoms with E-state index in [2.05, 4.69) is 0 Å². The van der Waals surface area contributed by atoms with Gasteiger partial charge in [-0.05, 0) is 31.0 Å². The second-order valence-corrected chi connectivity index (χ2v) is 5.89. The molecule has 0 bridgehead atoms. The molecular weight excluding hydrogens is 260 g/mol. The summed E-state index contributed by atoms with van der Waals surface area (Å²) in [5.41, 5.74) is 0. The number of sulfonamides is 1. The first kappa shape index (κ1) is 15.0. The Labute approximate surface area is 106 Å². The lowest BCUT2D eigenvalue weighted by Gasteiger charge is -2.21. The Bertz CT molecular complexity index is 497. The highest BCUT2D eigenvalue weighted by atomic mass is 32.2. The molecule has 0 spiro atoms. The van der Waals surface area contributed by atoms with Crippen LogP contribution in [0.3, 0.4) is 0 Å². The summed E-state index contributed by atoms with van der Waals surface area (Å²) in [4.78, 5) is -0.593. The Morgan fingerprint density at radius 2 is 1.67 bits per heavy atom. The SMILES string of the molecule is CCCN(CCC)S(=O)(=O)c1cc(F)ccc1F. The van der Waals surface area contributed by atoms with Gasteiger partial charge >= 0.3 is 0 Å². The fourth-order valence-electron chi connectivity index (χ4n) is 1.66. The Hall–Kier alpha value is -1.01. The van der Waals surface area contributed by atoms with E-state index >= 15 is 0 Å². The molecule has 0 heterocycles. The van der Waals surface area contributed by atoms with Crippen molar-refractivity contribution in [3.8, 4) is 0 Å². The van der Waals surface area contributed by atoms with E-state index < -0.39 is 26.6 Å². The summed E-state index contributed by atoms with van der Waals surface area (Å²) < 4.78 is 52.2. The number of halogens is 2. The predicted molar refractivity (Wildman–Crippen MR) is 65.7 cm³/mol. The maximum Gasteiger partial charge on any atom is 0.246 e. The van der Waals surface area contributed by atoms with Crippen molar-refractivity contribution in [3.05, 3.63) is 29.8 Å². The third-order valence-corrected chi connectivity index (χ3v) is 4.37. The molecule has 0 N–H and O–H groups in total. The highest BCUT2D eigenvalue weighted by Crippen LogP contribution is 2.20. The first-order valence-electron chi connectivity index (χ1n) is 5.88. The number of benzene rings is 1. The molecule has 0 aliphatic rings. The van der Waals surface area contributed by atoms with Gasteiger partial charge in [0.05, 0.1) is 0 Å². The molecule has 0 unspecified atom stereocenters. The maximum atomic E-state index is 13.5. The smallest absolute Gasteiger partial charge is 0.207 e. The van der Waals surface area contributed by atoms with Crippen LogP contribution in [0.2, 0.25) is 0 Å². The van der Waals surface area contributed by atoms with Gasteiger partial charge in [0.1, 0.15) is 16.5 Å². The molecule has 1 aromatic rings. The van der Waals surface area contributed by atoms with Crippen molar-refractivity contribution < 1.29 is 17.2 Å². The van der Waals surface area contributed by atoms with Gasteiger partial charge in [-0.25, -0.2) is 17.2 Å². The Balaban J connectivity index is 3.21. The number of hydrogen-bond acceptors (Lipinski definition) is 2. The van der Waals surface area contributed by atoms with Crippen LogP contribution in [0.5, 0.6) is 0 Å². The van der Waals surface area contributed by atoms with Gasteiger partial charge in [-0.15, -0.1) is 0 Å². The van der Waals surface area contributed by atoms with Crippen molar-refractivity contribution >= 4 is 10.0 Å². The molecule has 0 radical (unpaired) electrons. The lowest BCUT2D eigenvalue weighted by atomic mass is 10.3. The van der Waals surface area contributed by atoms with Crippen LogP contribution < -0.4 is 0 Å². The molecule has 0 saturated heterocycles. The molecular formula is C12H17F2NO2S. The minimum atomic E-state index is -3.96. The van der Waals surface area contributed by atoms with Gasteiger partial charge in [0, 0.05) is 13.1 Å². The molecule has 0 fully saturated rings. The predicted octanol–water partition coefficient (Wildman–Crippen LogP) is 2.78. The van der Waals surface area contributed by atoms with E-state index in [1.807, 2.05) is 13.8 Å². The molecule has 102 valence electrons. The highest BCUT2D eigenvalue weighted by molar-refractivity contribution is 7.89. The normalized spacial score (nSPS) is 12.1. The maximum absolute atomic E-state index is 13.5. The van der Waals surface area contributed by atoms with Crippen LogP contribution in [-0.4, -0.2) is 25.8 Å². The van der Waals surface area contributed by atoms with Gasteiger partial charge in [0.2, 0.25) is 10.0 Å². The number of rotatable bonds is 6. The molecule has 6 heteroatoms. The second-order valence-electron chi connectivity index (χ2n) is 3.98. The summed E-state index contributed by atoms with van der Waals surface area (Å²) >= 11 is 0. The molecule has 1 rings (SSSR count). The molecule has 0 amide bonds. The first-order valence-corrected chi connectivity index (χ1v) is 7.32. The summed E-state index contributed by atoms with van der Waals surface area (Å²) in [5.74, 6) is -1.68. The second kappa shape index (κ2) is 6.24. The quantitative estimate of drug-likeness (QED) is 0.802. The van der Waals surface area contributed by atoms with Gasteiger partial charge in [-0.2, -0.15) is 4.31 Å². The lowest BCUT2D eigenvalue weighted by Crippen LogP contribution is -2.33. The van der Waals surface area contributed by atoms with Crippen LogP contribution in [0.1, 0.15) is 26.7 Å². The molecule has 1 aromatic carbocycles. The summed E-state index contributed by atoms with van der Waals surface area (Å²) in [6.45, 7) is 4.26. The van der Waals surface area contributed by atoms with Gasteiger partial charge in [0.25, 0.3) is 0 Å². The molecule has 0 aliphatic heterocycles. The van der Waals surface area contributed by atoms with Crippen LogP contribution in [0.4, 0.5) is 8.78 Å². The van der Waals surface area contributed by atoms with E-state index in [-0.39, 0.29) is 0 Å². The van der Waals surface area contributed by atoms with Crippen LogP contribution >= 0.6 is 0 Å². The van der Waals surface area contributed by atoms with Crippen molar-refractivity contribution in [2.75, 3.05) is 13.1 Å². The molecule has 18 heavy (non-hydrogen) atoms. The summed E-state index contributed by atoms with van der Waals surface area (Å²) in [7, 11) is -3.96. The summed E-state index contributed by atoms with van der Waals surface area (Å²) in [6, 6.07) is 2.46. The lowest BCUT2D eigenvalue weighted by molar-refractivity contribution is 0.406. The van der Waals surface area contributed by atoms with E-state index in [0.29, 0.717) is 25.9 Å². The highest BCUT2D eigenvalue weighted by Gasteiger charge is 2.26. The van der Waals surface area contributed by atoms with Crippen LogP contribution in [0, 0.1) is 11.6 Å². The van der Waals surface area contributed by atoms with Gasteiger partial charge in [0.15, 0.2) is 0 Å². The van der Waals surface area contributed by atoms with E-state index in [1.54, 1.807) is 0 Å². The van der Waals surface area contributed by atoms with E-state index in [4.69, 9.17) is 0 Å². The Kier molecular flexibility index (Phi) is 5.22. The fourth-order valence-corrected chi connectivity index (χ4v) is 3.36. The number of nitrogens with zero attached hydrogens (tertiary/aromatic N) is 1. The first-order chi connectivity index (χ1) is 8.43. The topological polar surface area (TPSA) is 37.4 Å². The van der Waals surface area contributed by atoms with Gasteiger partial charge in [-0.1, -0.05) is 13.8 Å². The van der Waals surface area contributed by atoms with Crippen molar-refractivity contribution in [1.29, 1.82) is 0 Å². The fraction of sp³-hybridized carbons (Fsp3) is 0.500. The van der Waals surface area contributed by atoms with Crippen molar-refractivity contribution in [1.82, 2.24) is 4.31 Å². The van der Waals surface area contributed by atoms with Crippen LogP contribution in [0.25, 0.3) is 0 Å². The van der Waals surface area contributed by atoms with Crippen molar-refractivity contribution in [2.24, 2.45) is 0 Å². The van der Waals surface area contributed by atoms with Crippen molar-refractivity contribution in [3.63, 3.8) is 0 Å². The van der Waals surface area contributed by atoms with Crippen molar-refractivity contribution in [2.45, 2.75) is 31.6 Å². The molecule has 0 saturated carbocycles. The zero-order valence-corrected chi connectivity index (χ0v) is 11.3. The van der Waals surface area contributed by atoms with Gasteiger partial charge in [-0.3, -0.25) is 0 Å². The largest absolute Gasteiger partial charge is 0.246 e.